The smallest absolute Gasteiger partial charge is 0.243 e. The van der Waals surface area contributed by atoms with Crippen molar-refractivity contribution in [2.75, 3.05) is 11.9 Å². The summed E-state index contributed by atoms with van der Waals surface area (Å²) < 4.78 is 13.7. The first kappa shape index (κ1) is 19.7. The Labute approximate surface area is 165 Å². The van der Waals surface area contributed by atoms with Crippen LogP contribution in [0.4, 0.5) is 5.95 Å². The summed E-state index contributed by atoms with van der Waals surface area (Å²) in [6, 6.07) is 14.2. The highest BCUT2D eigenvalue weighted by Gasteiger charge is 2.13. The Bertz CT molecular complexity index is 877. The molecule has 1 heterocycles. The number of aromatic nitrogens is 4. The van der Waals surface area contributed by atoms with E-state index in [1.54, 1.807) is 4.68 Å². The molecule has 1 N–H and O–H groups in total. The van der Waals surface area contributed by atoms with Gasteiger partial charge in [0.05, 0.1) is 6.61 Å². The minimum absolute atomic E-state index is 0.477. The van der Waals surface area contributed by atoms with Crippen LogP contribution in [0.15, 0.2) is 42.5 Å². The van der Waals surface area contributed by atoms with Crippen LogP contribution in [0.25, 0.3) is 0 Å². The molecule has 7 heteroatoms. The molecule has 0 aliphatic rings. The molecule has 28 heavy (non-hydrogen) atoms. The van der Waals surface area contributed by atoms with Gasteiger partial charge in [-0.05, 0) is 42.3 Å². The van der Waals surface area contributed by atoms with E-state index in [0.29, 0.717) is 25.7 Å². The highest BCUT2D eigenvalue weighted by Crippen LogP contribution is 2.32. The third-order valence-electron chi connectivity index (χ3n) is 4.27. The zero-order chi connectivity index (χ0) is 19.8. The Morgan fingerprint density at radius 1 is 1.04 bits per heavy atom. The Hall–Kier alpha value is -3.09. The predicted molar refractivity (Wildman–Crippen MR) is 109 cm³/mol. The fraction of sp³-hybridized carbons (Fsp3) is 0.381. The summed E-state index contributed by atoms with van der Waals surface area (Å²) in [5.74, 6) is 2.13. The fourth-order valence-corrected chi connectivity index (χ4v) is 2.84. The highest BCUT2D eigenvalue weighted by atomic mass is 16.5. The number of ether oxygens (including phenoxy) is 2. The molecule has 0 aliphatic carbocycles. The SMILES string of the molecule is CCCn1nnnc1NCc1cccc(OCC)c1OCc1ccc(C)cc1. The number of benzene rings is 2. The van der Waals surface area contributed by atoms with Crippen LogP contribution in [0, 0.1) is 6.92 Å². The second-order valence-corrected chi connectivity index (χ2v) is 6.53. The Morgan fingerprint density at radius 2 is 1.86 bits per heavy atom. The summed E-state index contributed by atoms with van der Waals surface area (Å²) in [4.78, 5) is 0. The molecule has 0 saturated carbocycles. The topological polar surface area (TPSA) is 74.1 Å². The van der Waals surface area contributed by atoms with Crippen LogP contribution >= 0.6 is 0 Å². The van der Waals surface area contributed by atoms with Crippen LogP contribution in [0.2, 0.25) is 0 Å². The number of para-hydroxylation sites is 1. The fourth-order valence-electron chi connectivity index (χ4n) is 2.84. The lowest BCUT2D eigenvalue weighted by molar-refractivity contribution is 0.267. The molecule has 1 aromatic heterocycles. The van der Waals surface area contributed by atoms with Gasteiger partial charge in [-0.25, -0.2) is 4.68 Å². The van der Waals surface area contributed by atoms with Gasteiger partial charge >= 0.3 is 0 Å². The van der Waals surface area contributed by atoms with Crippen LogP contribution in [0.3, 0.4) is 0 Å². The Morgan fingerprint density at radius 3 is 2.61 bits per heavy atom. The van der Waals surface area contributed by atoms with Crippen molar-refractivity contribution in [3.8, 4) is 11.5 Å². The molecule has 0 saturated heterocycles. The zero-order valence-corrected chi connectivity index (χ0v) is 16.7. The average Bonchev–Trinajstić information content (AvgIpc) is 3.14. The minimum Gasteiger partial charge on any atom is -0.490 e. The van der Waals surface area contributed by atoms with Gasteiger partial charge in [0.2, 0.25) is 5.95 Å². The number of nitrogens with one attached hydrogen (secondary N) is 1. The maximum absolute atomic E-state index is 6.17. The van der Waals surface area contributed by atoms with Gasteiger partial charge < -0.3 is 14.8 Å². The molecule has 0 amide bonds. The second-order valence-electron chi connectivity index (χ2n) is 6.53. The molecule has 0 bridgehead atoms. The van der Waals surface area contributed by atoms with Crippen molar-refractivity contribution in [3.63, 3.8) is 0 Å². The first-order valence-electron chi connectivity index (χ1n) is 9.64. The van der Waals surface area contributed by atoms with Gasteiger partial charge in [-0.15, -0.1) is 0 Å². The summed E-state index contributed by atoms with van der Waals surface area (Å²) in [6.45, 7) is 8.49. The Balaban J connectivity index is 1.76. The van der Waals surface area contributed by atoms with Crippen molar-refractivity contribution in [2.24, 2.45) is 0 Å². The van der Waals surface area contributed by atoms with E-state index in [-0.39, 0.29) is 0 Å². The molecule has 0 spiro atoms. The number of aryl methyl sites for hydroxylation is 2. The number of nitrogens with zero attached hydrogens (tertiary/aromatic N) is 4. The molecule has 7 nitrogen and oxygen atoms in total. The van der Waals surface area contributed by atoms with Gasteiger partial charge in [0.1, 0.15) is 6.61 Å². The van der Waals surface area contributed by atoms with Crippen molar-refractivity contribution < 1.29 is 9.47 Å². The van der Waals surface area contributed by atoms with E-state index in [9.17, 15) is 0 Å². The average molecular weight is 381 g/mol. The normalized spacial score (nSPS) is 10.7. The lowest BCUT2D eigenvalue weighted by atomic mass is 10.1. The van der Waals surface area contributed by atoms with Gasteiger partial charge in [-0.3, -0.25) is 0 Å². The van der Waals surface area contributed by atoms with E-state index >= 15 is 0 Å². The molecule has 3 rings (SSSR count). The lowest BCUT2D eigenvalue weighted by Crippen LogP contribution is -2.10. The molecule has 3 aromatic rings. The summed E-state index contributed by atoms with van der Waals surface area (Å²) >= 11 is 0. The number of rotatable bonds is 10. The standard InChI is InChI=1S/C21H27N5O2/c1-4-13-26-21(23-24-25-26)22-14-18-7-6-8-19(27-5-2)20(18)28-15-17-11-9-16(3)10-12-17/h6-12H,4-5,13-15H2,1-3H3,(H,22,23,25). The van der Waals surface area contributed by atoms with Crippen LogP contribution in [0.5, 0.6) is 11.5 Å². The highest BCUT2D eigenvalue weighted by molar-refractivity contribution is 5.48. The van der Waals surface area contributed by atoms with Gasteiger partial charge in [0.25, 0.3) is 0 Å². The van der Waals surface area contributed by atoms with Crippen molar-refractivity contribution in [3.05, 3.63) is 59.2 Å². The molecule has 0 unspecified atom stereocenters. The Kier molecular flexibility index (Phi) is 6.84. The lowest BCUT2D eigenvalue weighted by Gasteiger charge is -2.16. The second kappa shape index (κ2) is 9.73. The van der Waals surface area contributed by atoms with Gasteiger partial charge in [-0.1, -0.05) is 54.0 Å². The zero-order valence-electron chi connectivity index (χ0n) is 16.7. The quantitative estimate of drug-likeness (QED) is 0.573. The maximum atomic E-state index is 6.17. The largest absolute Gasteiger partial charge is 0.490 e. The maximum Gasteiger partial charge on any atom is 0.243 e. The minimum atomic E-state index is 0.477. The van der Waals surface area contributed by atoms with Crippen LogP contribution in [-0.2, 0) is 19.7 Å². The van der Waals surface area contributed by atoms with Crippen LogP contribution < -0.4 is 14.8 Å². The molecule has 2 aromatic carbocycles. The molecule has 0 radical (unpaired) electrons. The molecule has 0 aliphatic heterocycles. The van der Waals surface area contributed by atoms with Crippen molar-refractivity contribution in [2.45, 2.75) is 46.9 Å². The molecule has 148 valence electrons. The third kappa shape index (κ3) is 5.00. The van der Waals surface area contributed by atoms with Crippen molar-refractivity contribution in [1.29, 1.82) is 0 Å². The van der Waals surface area contributed by atoms with Crippen molar-refractivity contribution in [1.82, 2.24) is 20.2 Å². The number of tetrazole rings is 1. The summed E-state index contributed by atoms with van der Waals surface area (Å²) in [5, 5.41) is 15.1. The molecule has 0 fully saturated rings. The van der Waals surface area contributed by atoms with E-state index < -0.39 is 0 Å². The first-order chi connectivity index (χ1) is 13.7. The van der Waals surface area contributed by atoms with E-state index in [2.05, 4.69) is 59.0 Å². The predicted octanol–water partition coefficient (Wildman–Crippen LogP) is 3.98. The first-order valence-corrected chi connectivity index (χ1v) is 9.64. The van der Waals surface area contributed by atoms with E-state index in [0.717, 1.165) is 35.6 Å². The van der Waals surface area contributed by atoms with Gasteiger partial charge in [0, 0.05) is 18.7 Å². The van der Waals surface area contributed by atoms with E-state index in [4.69, 9.17) is 9.47 Å². The number of hydrogen-bond donors (Lipinski definition) is 1. The number of hydrogen-bond acceptors (Lipinski definition) is 6. The van der Waals surface area contributed by atoms with Gasteiger partial charge in [-0.2, -0.15) is 0 Å². The summed E-state index contributed by atoms with van der Waals surface area (Å²) in [7, 11) is 0. The molecular formula is C21H27N5O2. The number of anilines is 1. The van der Waals surface area contributed by atoms with Crippen LogP contribution in [-0.4, -0.2) is 26.8 Å². The van der Waals surface area contributed by atoms with Gasteiger partial charge in [0.15, 0.2) is 11.5 Å². The van der Waals surface area contributed by atoms with Crippen molar-refractivity contribution >= 4 is 5.95 Å². The summed E-state index contributed by atoms with van der Waals surface area (Å²) in [5.41, 5.74) is 3.33. The molecular weight excluding hydrogens is 354 g/mol. The monoisotopic (exact) mass is 381 g/mol. The van der Waals surface area contributed by atoms with E-state index in [1.165, 1.54) is 5.56 Å². The van der Waals surface area contributed by atoms with Crippen LogP contribution in [0.1, 0.15) is 37.0 Å². The molecule has 0 atom stereocenters. The third-order valence-corrected chi connectivity index (χ3v) is 4.27. The van der Waals surface area contributed by atoms with E-state index in [1.807, 2.05) is 25.1 Å². The summed E-state index contributed by atoms with van der Waals surface area (Å²) in [6.07, 6.45) is 0.963.